The van der Waals surface area contributed by atoms with Gasteiger partial charge in [-0.2, -0.15) is 0 Å². The summed E-state index contributed by atoms with van der Waals surface area (Å²) >= 11 is 0. The molecule has 1 radical (unpaired) electrons. The molecule has 0 aromatic heterocycles. The van der Waals surface area contributed by atoms with Gasteiger partial charge < -0.3 is 9.84 Å². The van der Waals surface area contributed by atoms with E-state index in [0.717, 1.165) is 0 Å². The summed E-state index contributed by atoms with van der Waals surface area (Å²) in [5.41, 5.74) is 1.06. The van der Waals surface area contributed by atoms with E-state index in [0.29, 0.717) is 11.1 Å². The highest BCUT2D eigenvalue weighted by molar-refractivity contribution is 5.89. The molecule has 3 heteroatoms. The molecule has 0 bridgehead atoms. The highest BCUT2D eigenvalue weighted by Gasteiger charge is 2.04. The van der Waals surface area contributed by atoms with Crippen molar-refractivity contribution in [3.63, 3.8) is 0 Å². The molecule has 0 aliphatic carbocycles. The lowest BCUT2D eigenvalue weighted by atomic mass is 10.1. The summed E-state index contributed by atoms with van der Waals surface area (Å²) < 4.78 is 4.50. The number of methoxy groups -OCH3 is 1. The lowest BCUT2D eigenvalue weighted by Gasteiger charge is -1.99. The molecule has 1 aromatic rings. The molecule has 0 heterocycles. The first-order chi connectivity index (χ1) is 5.77. The summed E-state index contributed by atoms with van der Waals surface area (Å²) in [4.78, 5) is 11.0. The van der Waals surface area contributed by atoms with Crippen LogP contribution in [0.25, 0.3) is 0 Å². The average Bonchev–Trinajstić information content (AvgIpc) is 2.17. The highest BCUT2D eigenvalue weighted by atomic mass is 16.5. The van der Waals surface area contributed by atoms with Crippen LogP contribution in [0.4, 0.5) is 0 Å². The smallest absolute Gasteiger partial charge is 0.337 e. The molecule has 0 saturated heterocycles. The van der Waals surface area contributed by atoms with Crippen LogP contribution in [0.1, 0.15) is 15.9 Å². The Bertz CT molecular complexity index is 281. The number of carbonyl (C=O) groups is 1. The van der Waals surface area contributed by atoms with Crippen LogP contribution in [0.5, 0.6) is 0 Å². The van der Waals surface area contributed by atoms with Gasteiger partial charge >= 0.3 is 5.97 Å². The molecule has 1 aromatic carbocycles. The second-order valence-electron chi connectivity index (χ2n) is 2.28. The number of carbonyl (C=O) groups excluding carboxylic acids is 1. The quantitative estimate of drug-likeness (QED) is 0.658. The van der Waals surface area contributed by atoms with Gasteiger partial charge in [-0.05, 0) is 29.8 Å². The maximum Gasteiger partial charge on any atom is 0.337 e. The molecule has 0 spiro atoms. The third kappa shape index (κ3) is 1.83. The fourth-order valence-electron chi connectivity index (χ4n) is 0.849. The van der Waals surface area contributed by atoms with Crippen LogP contribution >= 0.6 is 0 Å². The van der Waals surface area contributed by atoms with Gasteiger partial charge in [-0.1, -0.05) is 0 Å². The van der Waals surface area contributed by atoms with E-state index in [-0.39, 0.29) is 6.61 Å². The van der Waals surface area contributed by atoms with Crippen LogP contribution < -0.4 is 0 Å². The number of aliphatic hydroxyl groups is 1. The molecule has 0 fully saturated rings. The standard InChI is InChI=1S/C9H9O3/c1-12-9(11)8-4-2-3-7(5-8)6-10/h3-5,10H,6H2,1H3. The Morgan fingerprint density at radius 3 is 3.00 bits per heavy atom. The van der Waals surface area contributed by atoms with Crippen LogP contribution in [-0.2, 0) is 11.3 Å². The number of benzene rings is 1. The van der Waals surface area contributed by atoms with E-state index in [2.05, 4.69) is 10.8 Å². The minimum absolute atomic E-state index is 0.0959. The Morgan fingerprint density at radius 2 is 2.42 bits per heavy atom. The summed E-state index contributed by atoms with van der Waals surface area (Å²) in [6, 6.07) is 7.44. The summed E-state index contributed by atoms with van der Waals surface area (Å²) in [6.07, 6.45) is 0. The topological polar surface area (TPSA) is 46.5 Å². The molecule has 12 heavy (non-hydrogen) atoms. The predicted molar refractivity (Wildman–Crippen MR) is 42.5 cm³/mol. The third-order valence-electron chi connectivity index (χ3n) is 1.45. The van der Waals surface area contributed by atoms with Crippen molar-refractivity contribution in [2.75, 3.05) is 7.11 Å². The van der Waals surface area contributed by atoms with Gasteiger partial charge in [0.1, 0.15) is 0 Å². The molecular weight excluding hydrogens is 156 g/mol. The van der Waals surface area contributed by atoms with E-state index in [1.54, 1.807) is 12.1 Å². The summed E-state index contributed by atoms with van der Waals surface area (Å²) in [7, 11) is 1.31. The first kappa shape index (κ1) is 8.74. The number of hydrogen-bond donors (Lipinski definition) is 1. The summed E-state index contributed by atoms with van der Waals surface area (Å²) in [5, 5.41) is 8.74. The van der Waals surface area contributed by atoms with Crippen LogP contribution in [0.2, 0.25) is 0 Å². The molecule has 0 amide bonds. The van der Waals surface area contributed by atoms with E-state index in [4.69, 9.17) is 5.11 Å². The molecule has 1 rings (SSSR count). The lowest BCUT2D eigenvalue weighted by molar-refractivity contribution is 0.0600. The Labute approximate surface area is 70.6 Å². The Kier molecular flexibility index (Phi) is 2.82. The van der Waals surface area contributed by atoms with Crippen molar-refractivity contribution < 1.29 is 14.6 Å². The van der Waals surface area contributed by atoms with Crippen molar-refractivity contribution >= 4 is 5.97 Å². The zero-order valence-corrected chi connectivity index (χ0v) is 6.70. The van der Waals surface area contributed by atoms with Crippen LogP contribution in [-0.4, -0.2) is 18.2 Å². The predicted octanol–water partition coefficient (Wildman–Crippen LogP) is 0.766. The van der Waals surface area contributed by atoms with Crippen molar-refractivity contribution in [2.24, 2.45) is 0 Å². The molecular formula is C9H9O3. The van der Waals surface area contributed by atoms with E-state index < -0.39 is 5.97 Å². The maximum absolute atomic E-state index is 11.0. The SMILES string of the molecule is COC(=O)c1c[c]cc(CO)c1. The molecule has 0 unspecified atom stereocenters. The van der Waals surface area contributed by atoms with Gasteiger partial charge in [-0.3, -0.25) is 0 Å². The number of aliphatic hydroxyl groups excluding tert-OH is 1. The van der Waals surface area contributed by atoms with Crippen LogP contribution in [0, 0.1) is 6.07 Å². The van der Waals surface area contributed by atoms with Crippen LogP contribution in [0.3, 0.4) is 0 Å². The van der Waals surface area contributed by atoms with E-state index in [9.17, 15) is 4.79 Å². The van der Waals surface area contributed by atoms with Gasteiger partial charge in [0, 0.05) is 0 Å². The molecule has 0 aliphatic heterocycles. The first-order valence-electron chi connectivity index (χ1n) is 3.47. The molecule has 63 valence electrons. The zero-order chi connectivity index (χ0) is 8.97. The number of hydrogen-bond acceptors (Lipinski definition) is 3. The van der Waals surface area contributed by atoms with Crippen LogP contribution in [0.15, 0.2) is 18.2 Å². The monoisotopic (exact) mass is 165 g/mol. The van der Waals surface area contributed by atoms with Crippen molar-refractivity contribution in [3.05, 3.63) is 35.4 Å². The molecule has 0 atom stereocenters. The fraction of sp³-hybridized carbons (Fsp3) is 0.222. The maximum atomic E-state index is 11.0. The average molecular weight is 165 g/mol. The third-order valence-corrected chi connectivity index (χ3v) is 1.45. The highest BCUT2D eigenvalue weighted by Crippen LogP contribution is 2.05. The number of ether oxygens (including phenoxy) is 1. The van der Waals surface area contributed by atoms with Crippen molar-refractivity contribution in [3.8, 4) is 0 Å². The summed E-state index contributed by atoms with van der Waals surface area (Å²) in [5.74, 6) is -0.415. The van der Waals surface area contributed by atoms with Gasteiger partial charge in [0.2, 0.25) is 0 Å². The summed E-state index contributed by atoms with van der Waals surface area (Å²) in [6.45, 7) is -0.0959. The van der Waals surface area contributed by atoms with Gasteiger partial charge in [0.05, 0.1) is 19.3 Å². The number of esters is 1. The fourth-order valence-corrected chi connectivity index (χ4v) is 0.849. The van der Waals surface area contributed by atoms with Crippen molar-refractivity contribution in [1.29, 1.82) is 0 Å². The molecule has 1 N–H and O–H groups in total. The minimum atomic E-state index is -0.415. The van der Waals surface area contributed by atoms with Crippen molar-refractivity contribution in [2.45, 2.75) is 6.61 Å². The Morgan fingerprint density at radius 1 is 1.67 bits per heavy atom. The largest absolute Gasteiger partial charge is 0.465 e. The number of rotatable bonds is 2. The Hall–Kier alpha value is -1.35. The second-order valence-corrected chi connectivity index (χ2v) is 2.28. The molecule has 0 saturated carbocycles. The normalized spacial score (nSPS) is 9.50. The molecule has 3 nitrogen and oxygen atoms in total. The van der Waals surface area contributed by atoms with Crippen molar-refractivity contribution in [1.82, 2.24) is 0 Å². The van der Waals surface area contributed by atoms with Gasteiger partial charge in [-0.15, -0.1) is 0 Å². The van der Waals surface area contributed by atoms with Gasteiger partial charge in [0.25, 0.3) is 0 Å². The molecule has 0 aliphatic rings. The first-order valence-corrected chi connectivity index (χ1v) is 3.47. The Balaban J connectivity index is 2.93. The lowest BCUT2D eigenvalue weighted by Crippen LogP contribution is -2.01. The van der Waals surface area contributed by atoms with E-state index >= 15 is 0 Å². The van der Waals surface area contributed by atoms with Gasteiger partial charge in [-0.25, -0.2) is 4.79 Å². The van der Waals surface area contributed by atoms with E-state index in [1.807, 2.05) is 0 Å². The van der Waals surface area contributed by atoms with Gasteiger partial charge in [0.15, 0.2) is 0 Å². The zero-order valence-electron chi connectivity index (χ0n) is 6.70. The second kappa shape index (κ2) is 3.88. The van der Waals surface area contributed by atoms with E-state index in [1.165, 1.54) is 13.2 Å². The minimum Gasteiger partial charge on any atom is -0.465 e.